The van der Waals surface area contributed by atoms with Crippen LogP contribution < -0.4 is 10.6 Å². The zero-order chi connectivity index (χ0) is 16.1. The van der Waals surface area contributed by atoms with Crippen molar-refractivity contribution in [3.05, 3.63) is 64.7 Å². The topological polar surface area (TPSA) is 45.7 Å². The zero-order valence-electron chi connectivity index (χ0n) is 13.1. The van der Waals surface area contributed by atoms with Crippen molar-refractivity contribution in [3.63, 3.8) is 0 Å². The molecule has 2 aromatic rings. The molecule has 1 amide bonds. The number of anilines is 1. The first-order valence-electron chi connectivity index (χ1n) is 7.43. The van der Waals surface area contributed by atoms with Crippen molar-refractivity contribution in [2.45, 2.75) is 32.9 Å². The molecular weight excluding hydrogens is 296 g/mol. The monoisotopic (exact) mass is 317 g/mol. The first-order valence-corrected chi connectivity index (χ1v) is 7.81. The van der Waals surface area contributed by atoms with Crippen LogP contribution in [0.3, 0.4) is 0 Å². The third kappa shape index (κ3) is 4.58. The molecule has 0 unspecified atom stereocenters. The number of nitrogens with two attached hydrogens (primary N) is 1. The van der Waals surface area contributed by atoms with E-state index in [1.54, 1.807) is 0 Å². The van der Waals surface area contributed by atoms with Gasteiger partial charge in [0.2, 0.25) is 0 Å². The maximum atomic E-state index is 12.3. The van der Waals surface area contributed by atoms with Crippen LogP contribution >= 0.6 is 11.6 Å². The highest BCUT2D eigenvalue weighted by Crippen LogP contribution is 2.15. The standard InChI is InChI=1S/C18H21ClN2O/c1-12-7-9-17(10-8-12)21-18(22)14(3)20-13(2)15-5-4-6-16(19)11-15/h4-11,13-14,20H,1-3H3,(H,21,22)/p+1/t13-,14-/m1/s1. The van der Waals surface area contributed by atoms with Gasteiger partial charge in [-0.1, -0.05) is 41.4 Å². The van der Waals surface area contributed by atoms with E-state index in [1.807, 2.05) is 67.7 Å². The van der Waals surface area contributed by atoms with Crippen LogP contribution in [0.5, 0.6) is 0 Å². The normalized spacial score (nSPS) is 13.5. The Hall–Kier alpha value is -1.84. The molecule has 0 aliphatic carbocycles. The van der Waals surface area contributed by atoms with Gasteiger partial charge in [-0.3, -0.25) is 4.79 Å². The molecule has 2 aromatic carbocycles. The van der Waals surface area contributed by atoms with E-state index in [0.29, 0.717) is 0 Å². The van der Waals surface area contributed by atoms with E-state index in [9.17, 15) is 4.79 Å². The van der Waals surface area contributed by atoms with Gasteiger partial charge in [0.1, 0.15) is 6.04 Å². The molecule has 0 fully saturated rings. The largest absolute Gasteiger partial charge is 0.330 e. The number of carbonyl (C=O) groups is 1. The number of nitrogens with one attached hydrogen (secondary N) is 1. The second-order valence-corrected chi connectivity index (χ2v) is 6.12. The van der Waals surface area contributed by atoms with Gasteiger partial charge >= 0.3 is 0 Å². The van der Waals surface area contributed by atoms with Crippen LogP contribution in [0, 0.1) is 6.92 Å². The van der Waals surface area contributed by atoms with Gasteiger partial charge in [-0.2, -0.15) is 0 Å². The Morgan fingerprint density at radius 2 is 1.82 bits per heavy atom. The van der Waals surface area contributed by atoms with E-state index >= 15 is 0 Å². The van der Waals surface area contributed by atoms with E-state index in [4.69, 9.17) is 11.6 Å². The molecule has 3 N–H and O–H groups in total. The van der Waals surface area contributed by atoms with E-state index < -0.39 is 0 Å². The third-order valence-electron chi connectivity index (χ3n) is 3.68. The Labute approximate surface area is 136 Å². The fraction of sp³-hybridized carbons (Fsp3) is 0.278. The molecule has 0 aliphatic heterocycles. The summed E-state index contributed by atoms with van der Waals surface area (Å²) in [6.07, 6.45) is 0. The van der Waals surface area contributed by atoms with Crippen molar-refractivity contribution in [2.75, 3.05) is 5.32 Å². The van der Waals surface area contributed by atoms with Crippen LogP contribution in [0.4, 0.5) is 5.69 Å². The number of carbonyl (C=O) groups excluding carboxylic acids is 1. The Morgan fingerprint density at radius 3 is 2.45 bits per heavy atom. The molecule has 0 heterocycles. The maximum absolute atomic E-state index is 12.3. The van der Waals surface area contributed by atoms with E-state index in [2.05, 4.69) is 12.2 Å². The lowest BCUT2D eigenvalue weighted by Crippen LogP contribution is -2.91. The summed E-state index contributed by atoms with van der Waals surface area (Å²) in [5.74, 6) is -0.00210. The van der Waals surface area contributed by atoms with Crippen molar-refractivity contribution >= 4 is 23.2 Å². The van der Waals surface area contributed by atoms with Crippen molar-refractivity contribution in [1.29, 1.82) is 0 Å². The van der Waals surface area contributed by atoms with Crippen molar-refractivity contribution in [2.24, 2.45) is 0 Å². The average molecular weight is 318 g/mol. The molecule has 3 nitrogen and oxygen atoms in total. The Balaban J connectivity index is 1.94. The number of quaternary nitrogens is 1. The molecule has 0 aromatic heterocycles. The maximum Gasteiger partial charge on any atom is 0.282 e. The molecule has 0 radical (unpaired) electrons. The number of benzene rings is 2. The number of rotatable bonds is 5. The average Bonchev–Trinajstić information content (AvgIpc) is 2.49. The van der Waals surface area contributed by atoms with Gasteiger partial charge in [0.05, 0.1) is 0 Å². The van der Waals surface area contributed by atoms with Crippen molar-refractivity contribution in [1.82, 2.24) is 0 Å². The van der Waals surface area contributed by atoms with Gasteiger partial charge in [0, 0.05) is 16.3 Å². The summed E-state index contributed by atoms with van der Waals surface area (Å²) < 4.78 is 0. The van der Waals surface area contributed by atoms with E-state index in [0.717, 1.165) is 16.3 Å². The highest BCUT2D eigenvalue weighted by Gasteiger charge is 2.20. The summed E-state index contributed by atoms with van der Waals surface area (Å²) in [5, 5.41) is 5.69. The molecule has 0 spiro atoms. The van der Waals surface area contributed by atoms with Gasteiger partial charge in [-0.15, -0.1) is 0 Å². The smallest absolute Gasteiger partial charge is 0.282 e. The lowest BCUT2D eigenvalue weighted by Gasteiger charge is -2.17. The van der Waals surface area contributed by atoms with Crippen molar-refractivity contribution in [3.8, 4) is 0 Å². The van der Waals surface area contributed by atoms with Gasteiger partial charge in [0.25, 0.3) is 5.91 Å². The fourth-order valence-corrected chi connectivity index (χ4v) is 2.51. The minimum Gasteiger partial charge on any atom is -0.330 e. The highest BCUT2D eigenvalue weighted by molar-refractivity contribution is 6.30. The number of halogens is 1. The van der Waals surface area contributed by atoms with Crippen molar-refractivity contribution < 1.29 is 10.1 Å². The van der Waals surface area contributed by atoms with E-state index in [1.165, 1.54) is 5.56 Å². The molecule has 0 bridgehead atoms. The van der Waals surface area contributed by atoms with Crippen LogP contribution in [-0.4, -0.2) is 11.9 Å². The predicted octanol–water partition coefficient (Wildman–Crippen LogP) is 3.30. The number of hydrogen-bond acceptors (Lipinski definition) is 1. The van der Waals surface area contributed by atoms with Crippen LogP contribution in [-0.2, 0) is 4.79 Å². The second-order valence-electron chi connectivity index (χ2n) is 5.68. The number of hydrogen-bond donors (Lipinski definition) is 2. The van der Waals surface area contributed by atoms with Crippen LogP contribution in [0.25, 0.3) is 0 Å². The molecule has 0 saturated carbocycles. The lowest BCUT2D eigenvalue weighted by atomic mass is 10.1. The first kappa shape index (κ1) is 16.5. The Kier molecular flexibility index (Phi) is 5.58. The Morgan fingerprint density at radius 1 is 1.14 bits per heavy atom. The predicted molar refractivity (Wildman–Crippen MR) is 91.1 cm³/mol. The van der Waals surface area contributed by atoms with Crippen LogP contribution in [0.15, 0.2) is 48.5 Å². The molecule has 2 rings (SSSR count). The SMILES string of the molecule is Cc1ccc(NC(=O)[C@@H](C)[NH2+][C@H](C)c2cccc(Cl)c2)cc1. The molecule has 2 atom stereocenters. The minimum atomic E-state index is -0.185. The summed E-state index contributed by atoms with van der Waals surface area (Å²) in [5.41, 5.74) is 3.11. The van der Waals surface area contributed by atoms with Gasteiger partial charge in [0.15, 0.2) is 6.04 Å². The second kappa shape index (κ2) is 7.43. The molecule has 22 heavy (non-hydrogen) atoms. The fourth-order valence-electron chi connectivity index (χ4n) is 2.31. The van der Waals surface area contributed by atoms with Crippen LogP contribution in [0.2, 0.25) is 5.02 Å². The third-order valence-corrected chi connectivity index (χ3v) is 3.92. The quantitative estimate of drug-likeness (QED) is 0.873. The summed E-state index contributed by atoms with van der Waals surface area (Å²) in [6, 6.07) is 15.5. The lowest BCUT2D eigenvalue weighted by molar-refractivity contribution is -0.709. The molecule has 0 saturated heterocycles. The van der Waals surface area contributed by atoms with Crippen LogP contribution in [0.1, 0.15) is 31.0 Å². The Bertz CT molecular complexity index is 640. The number of amides is 1. The van der Waals surface area contributed by atoms with Gasteiger partial charge < -0.3 is 10.6 Å². The number of aryl methyl sites for hydroxylation is 1. The molecule has 116 valence electrons. The highest BCUT2D eigenvalue weighted by atomic mass is 35.5. The summed E-state index contributed by atoms with van der Waals surface area (Å²) in [4.78, 5) is 12.3. The summed E-state index contributed by atoms with van der Waals surface area (Å²) in [6.45, 7) is 6.00. The van der Waals surface area contributed by atoms with Gasteiger partial charge in [-0.05, 0) is 45.0 Å². The molecule has 0 aliphatic rings. The minimum absolute atomic E-state index is 0.00210. The van der Waals surface area contributed by atoms with E-state index in [-0.39, 0.29) is 18.0 Å². The summed E-state index contributed by atoms with van der Waals surface area (Å²) >= 11 is 6.01. The first-order chi connectivity index (χ1) is 10.5. The molecule has 4 heteroatoms. The molecular formula is C18H22ClN2O+. The van der Waals surface area contributed by atoms with Gasteiger partial charge in [-0.25, -0.2) is 0 Å². The zero-order valence-corrected chi connectivity index (χ0v) is 13.9. The summed E-state index contributed by atoms with van der Waals surface area (Å²) in [7, 11) is 0.